The van der Waals surface area contributed by atoms with Gasteiger partial charge in [0.05, 0.1) is 29.2 Å². The summed E-state index contributed by atoms with van der Waals surface area (Å²) in [6, 6.07) is 7.86. The van der Waals surface area contributed by atoms with Crippen LogP contribution < -0.4 is 5.32 Å². The third-order valence-corrected chi connectivity index (χ3v) is 5.78. The van der Waals surface area contributed by atoms with E-state index in [9.17, 15) is 26.7 Å². The summed E-state index contributed by atoms with van der Waals surface area (Å²) in [7, 11) is 0. The lowest BCUT2D eigenvalue weighted by atomic mass is 10.1. The molecule has 34 heavy (non-hydrogen) atoms. The van der Waals surface area contributed by atoms with Gasteiger partial charge in [-0.3, -0.25) is 9.48 Å². The van der Waals surface area contributed by atoms with Crippen molar-refractivity contribution in [2.24, 2.45) is 0 Å². The van der Waals surface area contributed by atoms with Gasteiger partial charge in [-0.25, -0.2) is 22.0 Å². The molecule has 0 aliphatic heterocycles. The predicted molar refractivity (Wildman–Crippen MR) is 117 cm³/mol. The molecule has 0 saturated carbocycles. The molecule has 0 unspecified atom stereocenters. The number of aromatic amines is 1. The van der Waals surface area contributed by atoms with Crippen LogP contribution in [0.25, 0.3) is 10.9 Å². The molecule has 0 radical (unpaired) electrons. The molecule has 1 amide bonds. The summed E-state index contributed by atoms with van der Waals surface area (Å²) >= 11 is 0. The van der Waals surface area contributed by atoms with Gasteiger partial charge < -0.3 is 10.3 Å². The van der Waals surface area contributed by atoms with Crippen LogP contribution in [0.3, 0.4) is 0 Å². The minimum absolute atomic E-state index is 0.223. The van der Waals surface area contributed by atoms with Crippen molar-refractivity contribution in [3.63, 3.8) is 0 Å². The third kappa shape index (κ3) is 4.27. The van der Waals surface area contributed by atoms with Gasteiger partial charge in [0.25, 0.3) is 0 Å². The molecule has 2 N–H and O–H groups in total. The molecule has 0 aliphatic carbocycles. The standard InChI is InChI=1S/C24H21F5N4O/c1-12-24(31-18(34)9-5-6-14-10-30-17-8-4-3-7-15(14)17)13(2)33(32-12)11-16-19(25)21(27)23(29)22(28)20(16)26/h3-4,7-8,10,30H,5-6,9,11H2,1-2H3,(H,31,34). The smallest absolute Gasteiger partial charge is 0.224 e. The van der Waals surface area contributed by atoms with E-state index in [0.29, 0.717) is 29.9 Å². The zero-order chi connectivity index (χ0) is 24.6. The number of H-pyrrole nitrogens is 1. The normalized spacial score (nSPS) is 11.4. The second-order valence-electron chi connectivity index (χ2n) is 8.01. The predicted octanol–water partition coefficient (Wildman–Crippen LogP) is 5.69. The molecule has 10 heteroatoms. The fourth-order valence-corrected chi connectivity index (χ4v) is 3.95. The van der Waals surface area contributed by atoms with Crippen LogP contribution in [0.5, 0.6) is 0 Å². The van der Waals surface area contributed by atoms with Crippen molar-refractivity contribution in [3.05, 3.63) is 82.1 Å². The Bertz CT molecular complexity index is 1360. The topological polar surface area (TPSA) is 62.7 Å². The van der Waals surface area contributed by atoms with Crippen molar-refractivity contribution in [3.8, 4) is 0 Å². The number of rotatable bonds is 7. The minimum atomic E-state index is -2.22. The van der Waals surface area contributed by atoms with E-state index in [0.717, 1.165) is 21.1 Å². The summed E-state index contributed by atoms with van der Waals surface area (Å²) in [6.07, 6.45) is 3.42. The van der Waals surface area contributed by atoms with E-state index in [2.05, 4.69) is 15.4 Å². The molecule has 5 nitrogen and oxygen atoms in total. The van der Waals surface area contributed by atoms with Gasteiger partial charge in [-0.2, -0.15) is 5.10 Å². The number of aromatic nitrogens is 3. The Balaban J connectivity index is 1.44. The molecule has 2 heterocycles. The average Bonchev–Trinajstić information content (AvgIpc) is 3.35. The Morgan fingerprint density at radius 2 is 1.65 bits per heavy atom. The number of nitrogens with zero attached hydrogens (tertiary/aromatic N) is 2. The number of hydrogen-bond acceptors (Lipinski definition) is 2. The van der Waals surface area contributed by atoms with Crippen molar-refractivity contribution in [2.75, 3.05) is 5.32 Å². The van der Waals surface area contributed by atoms with Crippen LogP contribution in [-0.4, -0.2) is 20.7 Å². The maximum absolute atomic E-state index is 14.1. The maximum atomic E-state index is 14.1. The van der Waals surface area contributed by atoms with E-state index < -0.39 is 41.2 Å². The van der Waals surface area contributed by atoms with E-state index in [1.807, 2.05) is 30.5 Å². The van der Waals surface area contributed by atoms with Crippen molar-refractivity contribution < 1.29 is 26.7 Å². The number of fused-ring (bicyclic) bond motifs is 1. The maximum Gasteiger partial charge on any atom is 0.224 e. The van der Waals surface area contributed by atoms with E-state index in [1.54, 1.807) is 6.92 Å². The Labute approximate surface area is 191 Å². The summed E-state index contributed by atoms with van der Waals surface area (Å²) < 4.78 is 69.5. The highest BCUT2D eigenvalue weighted by atomic mass is 19.2. The number of hydrogen-bond donors (Lipinski definition) is 2. The number of para-hydroxylation sites is 1. The molecule has 0 saturated heterocycles. The molecule has 4 rings (SSSR count). The molecule has 0 aliphatic rings. The first-order valence-electron chi connectivity index (χ1n) is 10.6. The second kappa shape index (κ2) is 9.28. The number of nitrogens with one attached hydrogen (secondary N) is 2. The Morgan fingerprint density at radius 3 is 2.35 bits per heavy atom. The first-order chi connectivity index (χ1) is 16.2. The molecule has 0 spiro atoms. The van der Waals surface area contributed by atoms with Gasteiger partial charge in [-0.15, -0.1) is 0 Å². The summed E-state index contributed by atoms with van der Waals surface area (Å²) in [4.78, 5) is 15.7. The summed E-state index contributed by atoms with van der Waals surface area (Å²) in [5.74, 6) is -10.3. The largest absolute Gasteiger partial charge is 0.361 e. The first kappa shape index (κ1) is 23.5. The Kier molecular flexibility index (Phi) is 6.41. The van der Waals surface area contributed by atoms with Gasteiger partial charge in [0.15, 0.2) is 23.3 Å². The summed E-state index contributed by atoms with van der Waals surface area (Å²) in [5, 5.41) is 7.94. The van der Waals surface area contributed by atoms with Gasteiger partial charge in [-0.05, 0) is 38.3 Å². The molecular formula is C24H21F5N4O. The monoisotopic (exact) mass is 476 g/mol. The van der Waals surface area contributed by atoms with Crippen LogP contribution in [-0.2, 0) is 17.8 Å². The number of carbonyl (C=O) groups is 1. The number of aryl methyl sites for hydroxylation is 2. The molecule has 0 atom stereocenters. The van der Waals surface area contributed by atoms with Crippen LogP contribution >= 0.6 is 0 Å². The lowest BCUT2D eigenvalue weighted by molar-refractivity contribution is -0.116. The highest BCUT2D eigenvalue weighted by Gasteiger charge is 2.27. The van der Waals surface area contributed by atoms with Crippen LogP contribution in [0.15, 0.2) is 30.5 Å². The van der Waals surface area contributed by atoms with Gasteiger partial charge >= 0.3 is 0 Å². The van der Waals surface area contributed by atoms with E-state index in [-0.39, 0.29) is 12.3 Å². The second-order valence-corrected chi connectivity index (χ2v) is 8.01. The molecule has 2 aromatic carbocycles. The molecule has 2 aromatic heterocycles. The number of anilines is 1. The van der Waals surface area contributed by atoms with Gasteiger partial charge in [0.2, 0.25) is 11.7 Å². The van der Waals surface area contributed by atoms with Crippen molar-refractivity contribution in [1.82, 2.24) is 14.8 Å². The minimum Gasteiger partial charge on any atom is -0.361 e. The van der Waals surface area contributed by atoms with Crippen LogP contribution in [0.1, 0.15) is 35.4 Å². The zero-order valence-corrected chi connectivity index (χ0v) is 18.4. The number of halogens is 5. The molecule has 4 aromatic rings. The van der Waals surface area contributed by atoms with Crippen LogP contribution in [0, 0.1) is 42.9 Å². The van der Waals surface area contributed by atoms with E-state index >= 15 is 0 Å². The Hall–Kier alpha value is -3.69. The van der Waals surface area contributed by atoms with E-state index in [1.165, 1.54) is 6.92 Å². The van der Waals surface area contributed by atoms with Gasteiger partial charge in [-0.1, -0.05) is 18.2 Å². The van der Waals surface area contributed by atoms with Crippen molar-refractivity contribution in [2.45, 2.75) is 39.7 Å². The lowest BCUT2D eigenvalue weighted by Crippen LogP contribution is -2.14. The van der Waals surface area contributed by atoms with Crippen molar-refractivity contribution in [1.29, 1.82) is 0 Å². The van der Waals surface area contributed by atoms with Gasteiger partial charge in [0, 0.05) is 23.5 Å². The summed E-state index contributed by atoms with van der Waals surface area (Å²) in [5.41, 5.74) is 2.14. The number of benzene rings is 2. The lowest BCUT2D eigenvalue weighted by Gasteiger charge is -2.10. The average molecular weight is 476 g/mol. The van der Waals surface area contributed by atoms with Crippen molar-refractivity contribution >= 4 is 22.5 Å². The molecule has 0 bridgehead atoms. The summed E-state index contributed by atoms with van der Waals surface area (Å²) in [6.45, 7) is 2.42. The highest BCUT2D eigenvalue weighted by molar-refractivity contribution is 5.92. The first-order valence-corrected chi connectivity index (χ1v) is 10.6. The molecule has 178 valence electrons. The molecule has 0 fully saturated rings. The SMILES string of the molecule is Cc1nn(Cc2c(F)c(F)c(F)c(F)c2F)c(C)c1NC(=O)CCCc1c[nH]c2ccccc12. The van der Waals surface area contributed by atoms with Crippen LogP contribution in [0.2, 0.25) is 0 Å². The molecular weight excluding hydrogens is 455 g/mol. The quantitative estimate of drug-likeness (QED) is 0.205. The fourth-order valence-electron chi connectivity index (χ4n) is 3.95. The number of carbonyl (C=O) groups excluding carboxylic acids is 1. The zero-order valence-electron chi connectivity index (χ0n) is 18.4. The van der Waals surface area contributed by atoms with E-state index in [4.69, 9.17) is 0 Å². The van der Waals surface area contributed by atoms with Crippen LogP contribution in [0.4, 0.5) is 27.6 Å². The third-order valence-electron chi connectivity index (χ3n) is 5.78. The Morgan fingerprint density at radius 1 is 1.00 bits per heavy atom. The highest BCUT2D eigenvalue weighted by Crippen LogP contribution is 2.26. The number of amides is 1. The fraction of sp³-hybridized carbons (Fsp3) is 0.250. The van der Waals surface area contributed by atoms with Gasteiger partial charge in [0.1, 0.15) is 0 Å².